The standard InChI is InChI=1S/C14H17Br2NO2/c15-12(10-4-1-2-5-10)9-8-11-6-3-7-13(14(11)16)17(18)19/h3,6-7,10,12H,1-2,4-5,8-9H2. The molecule has 1 aromatic carbocycles. The molecule has 0 saturated heterocycles. The van der Waals surface area contributed by atoms with Crippen molar-refractivity contribution in [2.75, 3.05) is 0 Å². The van der Waals surface area contributed by atoms with Gasteiger partial charge in [-0.25, -0.2) is 0 Å². The maximum absolute atomic E-state index is 10.9. The summed E-state index contributed by atoms with van der Waals surface area (Å²) in [5, 5.41) is 10.9. The largest absolute Gasteiger partial charge is 0.283 e. The molecular weight excluding hydrogens is 374 g/mol. The molecule has 0 aromatic heterocycles. The van der Waals surface area contributed by atoms with Gasteiger partial charge in [0.05, 0.1) is 9.40 Å². The number of halogens is 2. The van der Waals surface area contributed by atoms with Crippen molar-refractivity contribution in [3.8, 4) is 0 Å². The van der Waals surface area contributed by atoms with Gasteiger partial charge in [-0.15, -0.1) is 0 Å². The monoisotopic (exact) mass is 389 g/mol. The van der Waals surface area contributed by atoms with Gasteiger partial charge in [-0.05, 0) is 53.1 Å². The fourth-order valence-corrected chi connectivity index (χ4v) is 4.11. The molecule has 1 fully saturated rings. The van der Waals surface area contributed by atoms with Gasteiger partial charge in [-0.1, -0.05) is 40.9 Å². The lowest BCUT2D eigenvalue weighted by Gasteiger charge is -2.17. The number of hydrogen-bond acceptors (Lipinski definition) is 2. The first-order valence-corrected chi connectivity index (χ1v) is 8.36. The minimum atomic E-state index is -0.337. The molecular formula is C14H17Br2NO2. The van der Waals surface area contributed by atoms with Crippen LogP contribution in [-0.2, 0) is 6.42 Å². The van der Waals surface area contributed by atoms with Crippen LogP contribution in [0.3, 0.4) is 0 Å². The highest BCUT2D eigenvalue weighted by molar-refractivity contribution is 9.10. The Bertz CT molecular complexity index is 459. The number of nitro groups is 1. The smallest absolute Gasteiger partial charge is 0.258 e. The molecule has 1 aliphatic carbocycles. The molecule has 0 bridgehead atoms. The normalized spacial score (nSPS) is 17.6. The zero-order valence-electron chi connectivity index (χ0n) is 10.6. The second-order valence-electron chi connectivity index (χ2n) is 5.11. The van der Waals surface area contributed by atoms with Crippen LogP contribution >= 0.6 is 31.9 Å². The molecule has 0 aliphatic heterocycles. The molecule has 0 N–H and O–H groups in total. The van der Waals surface area contributed by atoms with Gasteiger partial charge < -0.3 is 0 Å². The summed E-state index contributed by atoms with van der Waals surface area (Å²) in [4.78, 5) is 11.1. The van der Waals surface area contributed by atoms with Crippen molar-refractivity contribution < 1.29 is 4.92 Å². The van der Waals surface area contributed by atoms with E-state index in [0.29, 0.717) is 9.30 Å². The summed E-state index contributed by atoms with van der Waals surface area (Å²) in [5.41, 5.74) is 1.18. The first kappa shape index (κ1) is 15.0. The first-order chi connectivity index (χ1) is 9.09. The Hall–Kier alpha value is -0.420. The summed E-state index contributed by atoms with van der Waals surface area (Å²) in [6, 6.07) is 5.26. The van der Waals surface area contributed by atoms with Crippen LogP contribution in [-0.4, -0.2) is 9.75 Å². The van der Waals surface area contributed by atoms with Crippen LogP contribution in [0, 0.1) is 16.0 Å². The lowest BCUT2D eigenvalue weighted by Crippen LogP contribution is -2.11. The third-order valence-corrected chi connectivity index (χ3v) is 5.98. The van der Waals surface area contributed by atoms with Crippen LogP contribution in [0.15, 0.2) is 22.7 Å². The van der Waals surface area contributed by atoms with Gasteiger partial charge in [0, 0.05) is 10.9 Å². The maximum Gasteiger partial charge on any atom is 0.283 e. The summed E-state index contributed by atoms with van der Waals surface area (Å²) in [7, 11) is 0. The van der Waals surface area contributed by atoms with Gasteiger partial charge in [0.15, 0.2) is 0 Å². The van der Waals surface area contributed by atoms with E-state index in [0.717, 1.165) is 24.3 Å². The van der Waals surface area contributed by atoms with Crippen LogP contribution in [0.1, 0.15) is 37.7 Å². The van der Waals surface area contributed by atoms with E-state index < -0.39 is 0 Å². The number of rotatable bonds is 5. The van der Waals surface area contributed by atoms with Crippen LogP contribution < -0.4 is 0 Å². The van der Waals surface area contributed by atoms with E-state index in [4.69, 9.17) is 0 Å². The van der Waals surface area contributed by atoms with Crippen molar-refractivity contribution >= 4 is 37.5 Å². The lowest BCUT2D eigenvalue weighted by atomic mass is 9.98. The van der Waals surface area contributed by atoms with Crippen molar-refractivity contribution in [1.82, 2.24) is 0 Å². The highest BCUT2D eigenvalue weighted by Crippen LogP contribution is 2.35. The Balaban J connectivity index is 1.99. The van der Waals surface area contributed by atoms with Gasteiger partial charge in [-0.3, -0.25) is 10.1 Å². The predicted octanol–water partition coefficient (Wildman–Crippen LogP) is 5.24. The lowest BCUT2D eigenvalue weighted by molar-refractivity contribution is -0.385. The van der Waals surface area contributed by atoms with Gasteiger partial charge in [0.2, 0.25) is 0 Å². The quantitative estimate of drug-likeness (QED) is 0.391. The molecule has 2 rings (SSSR count). The Morgan fingerprint density at radius 1 is 1.37 bits per heavy atom. The topological polar surface area (TPSA) is 43.1 Å². The highest BCUT2D eigenvalue weighted by Gasteiger charge is 2.23. The van der Waals surface area contributed by atoms with Gasteiger partial charge in [0.1, 0.15) is 0 Å². The third kappa shape index (κ3) is 3.78. The molecule has 1 aliphatic rings. The molecule has 104 valence electrons. The second kappa shape index (κ2) is 6.84. The van der Waals surface area contributed by atoms with Crippen LogP contribution in [0.4, 0.5) is 5.69 Å². The summed E-state index contributed by atoms with van der Waals surface area (Å²) in [6.45, 7) is 0. The number of benzene rings is 1. The van der Waals surface area contributed by atoms with Crippen molar-refractivity contribution in [2.24, 2.45) is 5.92 Å². The van der Waals surface area contributed by atoms with Crippen LogP contribution in [0.25, 0.3) is 0 Å². The first-order valence-electron chi connectivity index (χ1n) is 6.65. The van der Waals surface area contributed by atoms with E-state index in [1.165, 1.54) is 31.7 Å². The Kier molecular flexibility index (Phi) is 5.39. The van der Waals surface area contributed by atoms with E-state index >= 15 is 0 Å². The van der Waals surface area contributed by atoms with Crippen LogP contribution in [0.5, 0.6) is 0 Å². The Morgan fingerprint density at radius 2 is 2.05 bits per heavy atom. The van der Waals surface area contributed by atoms with E-state index in [1.807, 2.05) is 6.07 Å². The summed E-state index contributed by atoms with van der Waals surface area (Å²) in [6.07, 6.45) is 7.21. The van der Waals surface area contributed by atoms with E-state index in [2.05, 4.69) is 31.9 Å². The molecule has 0 spiro atoms. The van der Waals surface area contributed by atoms with E-state index in [9.17, 15) is 10.1 Å². The predicted molar refractivity (Wildman–Crippen MR) is 83.8 cm³/mol. The molecule has 0 heterocycles. The summed E-state index contributed by atoms with van der Waals surface area (Å²) >= 11 is 7.14. The van der Waals surface area contributed by atoms with Crippen molar-refractivity contribution in [3.05, 3.63) is 38.3 Å². The Morgan fingerprint density at radius 3 is 2.68 bits per heavy atom. The van der Waals surface area contributed by atoms with Gasteiger partial charge in [-0.2, -0.15) is 0 Å². The summed E-state index contributed by atoms with van der Waals surface area (Å²) < 4.78 is 0.631. The molecule has 1 atom stereocenters. The number of alkyl halides is 1. The molecule has 0 radical (unpaired) electrons. The fourth-order valence-electron chi connectivity index (χ4n) is 2.75. The van der Waals surface area contributed by atoms with Crippen molar-refractivity contribution in [3.63, 3.8) is 0 Å². The molecule has 0 amide bonds. The third-order valence-electron chi connectivity index (χ3n) is 3.86. The molecule has 3 nitrogen and oxygen atoms in total. The van der Waals surface area contributed by atoms with E-state index in [-0.39, 0.29) is 10.6 Å². The maximum atomic E-state index is 10.9. The number of hydrogen-bond donors (Lipinski definition) is 0. The molecule has 1 saturated carbocycles. The van der Waals surface area contributed by atoms with E-state index in [1.54, 1.807) is 6.07 Å². The molecule has 19 heavy (non-hydrogen) atoms. The molecule has 5 heteroatoms. The average Bonchev–Trinajstić information content (AvgIpc) is 2.90. The minimum Gasteiger partial charge on any atom is -0.258 e. The zero-order valence-corrected chi connectivity index (χ0v) is 13.8. The number of nitrogens with zero attached hydrogens (tertiary/aromatic N) is 1. The number of nitro benzene ring substituents is 1. The second-order valence-corrected chi connectivity index (χ2v) is 7.08. The van der Waals surface area contributed by atoms with Crippen molar-refractivity contribution in [2.45, 2.75) is 43.4 Å². The SMILES string of the molecule is O=[N+]([O-])c1cccc(CCC(Br)C2CCCC2)c1Br. The molecule has 1 unspecified atom stereocenters. The minimum absolute atomic E-state index is 0.157. The van der Waals surface area contributed by atoms with Gasteiger partial charge >= 0.3 is 0 Å². The zero-order chi connectivity index (χ0) is 13.8. The average molecular weight is 391 g/mol. The number of aryl methyl sites for hydroxylation is 1. The fraction of sp³-hybridized carbons (Fsp3) is 0.571. The van der Waals surface area contributed by atoms with Crippen LogP contribution in [0.2, 0.25) is 0 Å². The van der Waals surface area contributed by atoms with Crippen molar-refractivity contribution in [1.29, 1.82) is 0 Å². The highest BCUT2D eigenvalue weighted by atomic mass is 79.9. The molecule has 1 aromatic rings. The Labute approximate surface area is 130 Å². The summed E-state index contributed by atoms with van der Waals surface area (Å²) in [5.74, 6) is 0.775. The van der Waals surface area contributed by atoms with Gasteiger partial charge in [0.25, 0.3) is 5.69 Å².